The third-order valence-electron chi connectivity index (χ3n) is 2.73. The van der Waals surface area contributed by atoms with Crippen molar-refractivity contribution in [2.24, 2.45) is 0 Å². The van der Waals surface area contributed by atoms with Gasteiger partial charge in [0.15, 0.2) is 5.03 Å². The van der Waals surface area contributed by atoms with Crippen LogP contribution in [0.3, 0.4) is 0 Å². The van der Waals surface area contributed by atoms with Gasteiger partial charge in [0.25, 0.3) is 10.0 Å². The third-order valence-corrected chi connectivity index (χ3v) is 4.01. The molecule has 4 N–H and O–H groups in total. The molecule has 0 amide bonds. The fourth-order valence-corrected chi connectivity index (χ4v) is 2.63. The summed E-state index contributed by atoms with van der Waals surface area (Å²) >= 11 is 0. The van der Waals surface area contributed by atoms with E-state index in [0.29, 0.717) is 23.7 Å². The zero-order valence-electron chi connectivity index (χ0n) is 11.2. The number of nitrogens with zero attached hydrogens (tertiary/aromatic N) is 1. The molecule has 0 saturated carbocycles. The van der Waals surface area contributed by atoms with Crippen LogP contribution in [0.5, 0.6) is 5.75 Å². The topological polar surface area (TPSA) is 110 Å². The van der Waals surface area contributed by atoms with Crippen LogP contribution in [-0.4, -0.2) is 25.5 Å². The molecule has 0 saturated heterocycles. The maximum absolute atomic E-state index is 12.2. The average molecular weight is 296 g/mol. The number of nitrogens with two attached hydrogens (primary N) is 1. The molecular formula is C12H16N4O3S. The molecule has 0 aliphatic heterocycles. The first kappa shape index (κ1) is 14.2. The molecule has 7 nitrogen and oxygen atoms in total. The van der Waals surface area contributed by atoms with E-state index in [9.17, 15) is 8.42 Å². The van der Waals surface area contributed by atoms with Crippen molar-refractivity contribution in [3.63, 3.8) is 0 Å². The number of aromatic amines is 1. The van der Waals surface area contributed by atoms with Crippen LogP contribution in [0, 0.1) is 0 Å². The van der Waals surface area contributed by atoms with Gasteiger partial charge < -0.3 is 15.5 Å². The molecule has 0 aliphatic carbocycles. The lowest BCUT2D eigenvalue weighted by atomic mass is 10.2. The van der Waals surface area contributed by atoms with Crippen molar-refractivity contribution in [3.05, 3.63) is 30.2 Å². The molecule has 2 rings (SSSR count). The standard InChI is InChI=1S/C12H16N4O3S/c1-3-11-14-7-12(15-11)20(17,18)16-10-6-8(19-2)4-5-9(10)13/h4-7,16H,3,13H2,1-2H3,(H,14,15). The van der Waals surface area contributed by atoms with Gasteiger partial charge in [-0.3, -0.25) is 4.72 Å². The quantitative estimate of drug-likeness (QED) is 0.722. The van der Waals surface area contributed by atoms with E-state index in [4.69, 9.17) is 10.5 Å². The monoisotopic (exact) mass is 296 g/mol. The number of H-pyrrole nitrogens is 1. The Balaban J connectivity index is 2.32. The SMILES string of the molecule is CCc1ncc(S(=O)(=O)Nc2cc(OC)ccc2N)[nH]1. The second-order valence-corrected chi connectivity index (χ2v) is 5.76. The van der Waals surface area contributed by atoms with Crippen molar-refractivity contribution in [1.29, 1.82) is 0 Å². The van der Waals surface area contributed by atoms with Crippen molar-refractivity contribution < 1.29 is 13.2 Å². The predicted molar refractivity (Wildman–Crippen MR) is 76.2 cm³/mol. The molecule has 0 atom stereocenters. The first-order valence-corrected chi connectivity index (χ1v) is 7.44. The van der Waals surface area contributed by atoms with E-state index in [2.05, 4.69) is 14.7 Å². The summed E-state index contributed by atoms with van der Waals surface area (Å²) in [5.41, 5.74) is 6.32. The molecular weight excluding hydrogens is 280 g/mol. The van der Waals surface area contributed by atoms with E-state index in [0.717, 1.165) is 0 Å². The number of anilines is 2. The van der Waals surface area contributed by atoms with Crippen molar-refractivity contribution in [2.75, 3.05) is 17.6 Å². The zero-order valence-corrected chi connectivity index (χ0v) is 12.0. The number of benzene rings is 1. The van der Waals surface area contributed by atoms with Gasteiger partial charge >= 0.3 is 0 Å². The lowest BCUT2D eigenvalue weighted by Crippen LogP contribution is -2.14. The third kappa shape index (κ3) is 2.85. The minimum atomic E-state index is -3.75. The van der Waals surface area contributed by atoms with Crippen molar-refractivity contribution in [1.82, 2.24) is 9.97 Å². The Labute approximate surface area is 117 Å². The molecule has 108 valence electrons. The summed E-state index contributed by atoms with van der Waals surface area (Å²) in [5, 5.41) is -0.00318. The van der Waals surface area contributed by atoms with Gasteiger partial charge in [-0.2, -0.15) is 8.42 Å². The van der Waals surface area contributed by atoms with E-state index >= 15 is 0 Å². The summed E-state index contributed by atoms with van der Waals surface area (Å²) in [5.74, 6) is 1.11. The van der Waals surface area contributed by atoms with Gasteiger partial charge in [-0.25, -0.2) is 4.98 Å². The molecule has 8 heteroatoms. The summed E-state index contributed by atoms with van der Waals surface area (Å²) in [6.45, 7) is 1.88. The van der Waals surface area contributed by atoms with Crippen LogP contribution in [0.1, 0.15) is 12.7 Å². The van der Waals surface area contributed by atoms with Crippen molar-refractivity contribution >= 4 is 21.4 Å². The molecule has 20 heavy (non-hydrogen) atoms. The highest BCUT2D eigenvalue weighted by atomic mass is 32.2. The van der Waals surface area contributed by atoms with Gasteiger partial charge in [0, 0.05) is 12.5 Å². The minimum absolute atomic E-state index is 0.00318. The van der Waals surface area contributed by atoms with Gasteiger partial charge in [-0.1, -0.05) is 6.92 Å². The van der Waals surface area contributed by atoms with Crippen molar-refractivity contribution in [3.8, 4) is 5.75 Å². The van der Waals surface area contributed by atoms with E-state index in [-0.39, 0.29) is 10.7 Å². The fourth-order valence-electron chi connectivity index (χ4n) is 1.61. The summed E-state index contributed by atoms with van der Waals surface area (Å²) in [6, 6.07) is 4.74. The predicted octanol–water partition coefficient (Wildman–Crippen LogP) is 1.36. The van der Waals surface area contributed by atoms with E-state index in [1.807, 2.05) is 6.92 Å². The highest BCUT2D eigenvalue weighted by Crippen LogP contribution is 2.26. The zero-order chi connectivity index (χ0) is 14.8. The molecule has 2 aromatic rings. The number of aryl methyl sites for hydroxylation is 1. The number of ether oxygens (including phenoxy) is 1. The Morgan fingerprint density at radius 3 is 2.80 bits per heavy atom. The summed E-state index contributed by atoms with van der Waals surface area (Å²) < 4.78 is 31.9. The molecule has 0 spiro atoms. The van der Waals surface area contributed by atoms with Crippen LogP contribution in [0.25, 0.3) is 0 Å². The Morgan fingerprint density at radius 2 is 2.20 bits per heavy atom. The maximum atomic E-state index is 12.2. The van der Waals surface area contributed by atoms with Crippen molar-refractivity contribution in [2.45, 2.75) is 18.4 Å². The van der Waals surface area contributed by atoms with Crippen LogP contribution in [0.2, 0.25) is 0 Å². The van der Waals surface area contributed by atoms with Crippen LogP contribution in [0.4, 0.5) is 11.4 Å². The number of methoxy groups -OCH3 is 1. The number of hydrogen-bond donors (Lipinski definition) is 3. The average Bonchev–Trinajstić information content (AvgIpc) is 2.91. The normalized spacial score (nSPS) is 11.3. The van der Waals surface area contributed by atoms with E-state index in [1.165, 1.54) is 19.4 Å². The molecule has 1 heterocycles. The number of nitrogens with one attached hydrogen (secondary N) is 2. The van der Waals surface area contributed by atoms with Crippen LogP contribution >= 0.6 is 0 Å². The van der Waals surface area contributed by atoms with E-state index in [1.54, 1.807) is 12.1 Å². The van der Waals surface area contributed by atoms with Gasteiger partial charge in [0.2, 0.25) is 0 Å². The van der Waals surface area contributed by atoms with E-state index < -0.39 is 10.0 Å². The number of hydrogen-bond acceptors (Lipinski definition) is 5. The largest absolute Gasteiger partial charge is 0.497 e. The lowest BCUT2D eigenvalue weighted by Gasteiger charge is -2.10. The highest BCUT2D eigenvalue weighted by molar-refractivity contribution is 7.92. The molecule has 0 unspecified atom stereocenters. The Bertz CT molecular complexity index is 709. The molecule has 0 radical (unpaired) electrons. The van der Waals surface area contributed by atoms with Crippen LogP contribution in [0.15, 0.2) is 29.4 Å². The van der Waals surface area contributed by atoms with Crippen LogP contribution < -0.4 is 15.2 Å². The molecule has 0 bridgehead atoms. The molecule has 1 aromatic carbocycles. The summed E-state index contributed by atoms with van der Waals surface area (Å²) in [6.07, 6.45) is 1.90. The first-order valence-electron chi connectivity index (χ1n) is 5.96. The molecule has 0 aliphatic rings. The summed E-state index contributed by atoms with van der Waals surface area (Å²) in [4.78, 5) is 6.71. The second-order valence-electron chi connectivity index (χ2n) is 4.11. The number of nitrogen functional groups attached to an aromatic ring is 1. The number of aromatic nitrogens is 2. The Kier molecular flexibility index (Phi) is 3.84. The number of rotatable bonds is 5. The number of imidazole rings is 1. The molecule has 1 aromatic heterocycles. The highest BCUT2D eigenvalue weighted by Gasteiger charge is 2.18. The Morgan fingerprint density at radius 1 is 1.45 bits per heavy atom. The number of sulfonamides is 1. The van der Waals surface area contributed by atoms with Crippen LogP contribution in [-0.2, 0) is 16.4 Å². The minimum Gasteiger partial charge on any atom is -0.497 e. The fraction of sp³-hybridized carbons (Fsp3) is 0.250. The van der Waals surface area contributed by atoms with Gasteiger partial charge in [-0.05, 0) is 12.1 Å². The van der Waals surface area contributed by atoms with Gasteiger partial charge in [0.1, 0.15) is 11.6 Å². The Hall–Kier alpha value is -2.22. The maximum Gasteiger partial charge on any atom is 0.279 e. The second kappa shape index (κ2) is 5.41. The lowest BCUT2D eigenvalue weighted by molar-refractivity contribution is 0.415. The first-order chi connectivity index (χ1) is 9.46. The smallest absolute Gasteiger partial charge is 0.279 e. The van der Waals surface area contributed by atoms with Gasteiger partial charge in [0.05, 0.1) is 24.7 Å². The molecule has 0 fully saturated rings. The van der Waals surface area contributed by atoms with Gasteiger partial charge in [-0.15, -0.1) is 0 Å². The summed E-state index contributed by atoms with van der Waals surface area (Å²) in [7, 11) is -2.26.